The molecular weight excluding hydrogens is 407 g/mol. The van der Waals surface area contributed by atoms with Gasteiger partial charge >= 0.3 is 5.51 Å². The lowest BCUT2D eigenvalue weighted by molar-refractivity contribution is -0.0329. The summed E-state index contributed by atoms with van der Waals surface area (Å²) >= 11 is -0.408. The van der Waals surface area contributed by atoms with Crippen LogP contribution in [0, 0.1) is 0 Å². The van der Waals surface area contributed by atoms with Crippen LogP contribution in [-0.2, 0) is 0 Å². The number of methoxy groups -OCH3 is 1. The maximum atomic E-state index is 12.7. The minimum Gasteiger partial charge on any atom is -0.497 e. The minimum atomic E-state index is -4.53. The van der Waals surface area contributed by atoms with Crippen LogP contribution in [0.5, 0.6) is 5.75 Å². The summed E-state index contributed by atoms with van der Waals surface area (Å²) in [6.07, 6.45) is 1.22. The summed E-state index contributed by atoms with van der Waals surface area (Å²) < 4.78 is 43.2. The molecular formula is C19H18F3N3O3S. The number of carbonyl (C=O) groups is 2. The summed E-state index contributed by atoms with van der Waals surface area (Å²) in [5, 5.41) is -0.373. The third kappa shape index (κ3) is 5.20. The molecule has 2 amide bonds. The van der Waals surface area contributed by atoms with Crippen molar-refractivity contribution >= 4 is 23.6 Å². The van der Waals surface area contributed by atoms with Crippen LogP contribution in [-0.4, -0.2) is 65.4 Å². The van der Waals surface area contributed by atoms with E-state index in [-0.39, 0.29) is 29.6 Å². The highest BCUT2D eigenvalue weighted by molar-refractivity contribution is 8.00. The van der Waals surface area contributed by atoms with Gasteiger partial charge in [0.2, 0.25) is 0 Å². The highest BCUT2D eigenvalue weighted by Crippen LogP contribution is 2.37. The van der Waals surface area contributed by atoms with Gasteiger partial charge in [0.05, 0.1) is 12.7 Å². The molecule has 1 aromatic heterocycles. The van der Waals surface area contributed by atoms with Gasteiger partial charge in [0.15, 0.2) is 0 Å². The van der Waals surface area contributed by atoms with E-state index in [1.54, 1.807) is 29.2 Å². The number of rotatable bonds is 4. The number of piperazine rings is 1. The number of hydrogen-bond donors (Lipinski definition) is 0. The zero-order valence-corrected chi connectivity index (χ0v) is 16.3. The van der Waals surface area contributed by atoms with Gasteiger partial charge in [-0.3, -0.25) is 9.59 Å². The number of hydrogen-bond acceptors (Lipinski definition) is 5. The van der Waals surface area contributed by atoms with Crippen LogP contribution in [0.3, 0.4) is 0 Å². The number of thioether (sulfide) groups is 1. The monoisotopic (exact) mass is 425 g/mol. The third-order valence-electron chi connectivity index (χ3n) is 4.41. The number of amides is 2. The minimum absolute atomic E-state index is 0.0928. The van der Waals surface area contributed by atoms with Crippen molar-refractivity contribution in [3.63, 3.8) is 0 Å². The van der Waals surface area contributed by atoms with Gasteiger partial charge in [-0.15, -0.1) is 0 Å². The second-order valence-electron chi connectivity index (χ2n) is 6.22. The number of aromatic nitrogens is 1. The Bertz CT molecular complexity index is 882. The average Bonchev–Trinajstić information content (AvgIpc) is 2.72. The Labute approximate surface area is 169 Å². The van der Waals surface area contributed by atoms with E-state index in [1.807, 2.05) is 0 Å². The molecule has 3 rings (SSSR count). The van der Waals surface area contributed by atoms with Gasteiger partial charge in [-0.05, 0) is 36.4 Å². The molecule has 1 aliphatic rings. The van der Waals surface area contributed by atoms with Crippen LogP contribution in [0.2, 0.25) is 0 Å². The second kappa shape index (κ2) is 8.73. The Kier molecular flexibility index (Phi) is 6.31. The van der Waals surface area contributed by atoms with Crippen molar-refractivity contribution in [2.75, 3.05) is 33.3 Å². The zero-order valence-electron chi connectivity index (χ0n) is 15.5. The third-order valence-corrected chi connectivity index (χ3v) is 5.16. The van der Waals surface area contributed by atoms with Crippen LogP contribution in [0.1, 0.15) is 20.7 Å². The molecule has 1 fully saturated rings. The van der Waals surface area contributed by atoms with Crippen LogP contribution in [0.25, 0.3) is 0 Å². The Balaban J connectivity index is 1.65. The molecule has 0 unspecified atom stereocenters. The lowest BCUT2D eigenvalue weighted by Gasteiger charge is -2.35. The summed E-state index contributed by atoms with van der Waals surface area (Å²) in [5.41, 5.74) is -4.13. The molecule has 0 N–H and O–H groups in total. The van der Waals surface area contributed by atoms with Gasteiger partial charge in [-0.1, -0.05) is 0 Å². The van der Waals surface area contributed by atoms with Crippen molar-refractivity contribution in [2.24, 2.45) is 0 Å². The zero-order chi connectivity index (χ0) is 21.0. The fourth-order valence-electron chi connectivity index (χ4n) is 2.94. The molecule has 154 valence electrons. The van der Waals surface area contributed by atoms with E-state index in [0.717, 1.165) is 0 Å². The molecule has 6 nitrogen and oxygen atoms in total. The first-order chi connectivity index (χ1) is 13.8. The molecule has 0 radical (unpaired) electrons. The molecule has 2 aromatic rings. The quantitative estimate of drug-likeness (QED) is 0.704. The molecule has 0 spiro atoms. The Morgan fingerprint density at radius 1 is 1.00 bits per heavy atom. The van der Waals surface area contributed by atoms with Gasteiger partial charge < -0.3 is 14.5 Å². The molecule has 0 atom stereocenters. The summed E-state index contributed by atoms with van der Waals surface area (Å²) in [6.45, 7) is 1.04. The standard InChI is InChI=1S/C19H18F3N3O3S/c1-28-14-6-4-13(5-7-14)17(26)24-9-11-25(12-10-24)18(27)15-3-2-8-23-16(15)29-19(20,21)22/h2-8H,9-12H2,1H3. The van der Waals surface area contributed by atoms with E-state index in [9.17, 15) is 22.8 Å². The van der Waals surface area contributed by atoms with E-state index in [4.69, 9.17) is 4.74 Å². The topological polar surface area (TPSA) is 62.7 Å². The molecule has 29 heavy (non-hydrogen) atoms. The van der Waals surface area contributed by atoms with E-state index in [1.165, 1.54) is 30.3 Å². The predicted molar refractivity (Wildman–Crippen MR) is 101 cm³/mol. The average molecular weight is 425 g/mol. The number of ether oxygens (including phenoxy) is 1. The van der Waals surface area contributed by atoms with E-state index in [0.29, 0.717) is 24.4 Å². The molecule has 10 heteroatoms. The first-order valence-electron chi connectivity index (χ1n) is 8.72. The molecule has 1 aromatic carbocycles. The number of benzene rings is 1. The van der Waals surface area contributed by atoms with Crippen molar-refractivity contribution < 1.29 is 27.5 Å². The molecule has 0 aliphatic carbocycles. The van der Waals surface area contributed by atoms with E-state index >= 15 is 0 Å². The van der Waals surface area contributed by atoms with Gasteiger partial charge in [0.25, 0.3) is 11.8 Å². The Morgan fingerprint density at radius 2 is 1.59 bits per heavy atom. The first kappa shape index (κ1) is 21.0. The summed E-state index contributed by atoms with van der Waals surface area (Å²) in [6, 6.07) is 9.46. The second-order valence-corrected chi connectivity index (χ2v) is 7.27. The lowest BCUT2D eigenvalue weighted by atomic mass is 10.1. The summed E-state index contributed by atoms with van der Waals surface area (Å²) in [4.78, 5) is 32.1. The molecule has 0 bridgehead atoms. The Hall–Kier alpha value is -2.75. The Morgan fingerprint density at radius 3 is 2.14 bits per heavy atom. The van der Waals surface area contributed by atoms with Gasteiger partial charge in [0.1, 0.15) is 10.8 Å². The molecule has 0 saturated carbocycles. The maximum Gasteiger partial charge on any atom is 0.447 e. The SMILES string of the molecule is COc1ccc(C(=O)N2CCN(C(=O)c3cccnc3SC(F)(F)F)CC2)cc1. The number of nitrogens with zero attached hydrogens (tertiary/aromatic N) is 3. The number of alkyl halides is 3. The normalized spacial score (nSPS) is 14.6. The molecule has 1 aliphatic heterocycles. The summed E-state index contributed by atoms with van der Waals surface area (Å²) in [5.74, 6) is -0.0585. The van der Waals surface area contributed by atoms with Crippen molar-refractivity contribution in [1.82, 2.24) is 14.8 Å². The molecule has 1 saturated heterocycles. The lowest BCUT2D eigenvalue weighted by Crippen LogP contribution is -2.50. The van der Waals surface area contributed by atoms with Gasteiger partial charge in [-0.25, -0.2) is 4.98 Å². The maximum absolute atomic E-state index is 12.7. The highest BCUT2D eigenvalue weighted by atomic mass is 32.2. The smallest absolute Gasteiger partial charge is 0.447 e. The number of halogens is 3. The van der Waals surface area contributed by atoms with Crippen LogP contribution in [0.4, 0.5) is 13.2 Å². The van der Waals surface area contributed by atoms with Crippen molar-refractivity contribution in [3.05, 3.63) is 53.7 Å². The van der Waals surface area contributed by atoms with E-state index < -0.39 is 23.2 Å². The number of pyridine rings is 1. The van der Waals surface area contributed by atoms with E-state index in [2.05, 4.69) is 4.98 Å². The van der Waals surface area contributed by atoms with Crippen LogP contribution in [0.15, 0.2) is 47.6 Å². The van der Waals surface area contributed by atoms with Gasteiger partial charge in [-0.2, -0.15) is 13.2 Å². The fourth-order valence-corrected chi connectivity index (χ4v) is 3.54. The number of carbonyl (C=O) groups excluding carboxylic acids is 2. The van der Waals surface area contributed by atoms with Crippen molar-refractivity contribution in [2.45, 2.75) is 10.5 Å². The fraction of sp³-hybridized carbons (Fsp3) is 0.316. The largest absolute Gasteiger partial charge is 0.497 e. The predicted octanol–water partition coefficient (Wildman–Crippen LogP) is 3.30. The van der Waals surface area contributed by atoms with Gasteiger partial charge in [0, 0.05) is 49.7 Å². The first-order valence-corrected chi connectivity index (χ1v) is 9.53. The van der Waals surface area contributed by atoms with Crippen molar-refractivity contribution in [1.29, 1.82) is 0 Å². The highest BCUT2D eigenvalue weighted by Gasteiger charge is 2.34. The van der Waals surface area contributed by atoms with Crippen LogP contribution >= 0.6 is 11.8 Å². The van der Waals surface area contributed by atoms with Crippen LogP contribution < -0.4 is 4.74 Å². The van der Waals surface area contributed by atoms with Crippen molar-refractivity contribution in [3.8, 4) is 5.75 Å². The molecule has 2 heterocycles. The summed E-state index contributed by atoms with van der Waals surface area (Å²) in [7, 11) is 1.54.